The standard InChI is InChI=1S/C21H24Cl2N4O3/c1-26(14-19(28)25-16-8-9-17(22)18(23)12-16)20(29)10-11-24-21(30)27(2)13-15-6-4-3-5-7-15/h3-9,12H,10-11,13-14H2,1-2H3,(H,24,30)(H,25,28). The van der Waals surface area contributed by atoms with E-state index in [9.17, 15) is 14.4 Å². The fourth-order valence-corrected chi connectivity index (χ4v) is 2.91. The van der Waals surface area contributed by atoms with E-state index >= 15 is 0 Å². The molecule has 2 aromatic rings. The van der Waals surface area contributed by atoms with E-state index < -0.39 is 0 Å². The smallest absolute Gasteiger partial charge is 0.317 e. The van der Waals surface area contributed by atoms with Gasteiger partial charge in [0.1, 0.15) is 0 Å². The van der Waals surface area contributed by atoms with Gasteiger partial charge in [0.25, 0.3) is 0 Å². The number of amides is 4. The highest BCUT2D eigenvalue weighted by Crippen LogP contribution is 2.24. The number of rotatable bonds is 8. The van der Waals surface area contributed by atoms with Gasteiger partial charge in [-0.1, -0.05) is 53.5 Å². The van der Waals surface area contributed by atoms with Crippen molar-refractivity contribution in [2.24, 2.45) is 0 Å². The van der Waals surface area contributed by atoms with Crippen LogP contribution < -0.4 is 10.6 Å². The molecular formula is C21H24Cl2N4O3. The van der Waals surface area contributed by atoms with Crippen LogP contribution in [0, 0.1) is 0 Å². The van der Waals surface area contributed by atoms with Crippen LogP contribution in [0.1, 0.15) is 12.0 Å². The van der Waals surface area contributed by atoms with Gasteiger partial charge in [-0.3, -0.25) is 9.59 Å². The Kier molecular flexibility index (Phi) is 8.95. The van der Waals surface area contributed by atoms with Crippen molar-refractivity contribution < 1.29 is 14.4 Å². The Morgan fingerprint density at radius 3 is 2.30 bits per heavy atom. The predicted octanol–water partition coefficient (Wildman–Crippen LogP) is 3.62. The lowest BCUT2D eigenvalue weighted by atomic mass is 10.2. The van der Waals surface area contributed by atoms with E-state index in [0.29, 0.717) is 22.3 Å². The minimum atomic E-state index is -0.365. The Morgan fingerprint density at radius 2 is 1.63 bits per heavy atom. The van der Waals surface area contributed by atoms with E-state index in [1.807, 2.05) is 30.3 Å². The highest BCUT2D eigenvalue weighted by molar-refractivity contribution is 6.42. The first-order valence-electron chi connectivity index (χ1n) is 9.28. The molecular weight excluding hydrogens is 427 g/mol. The minimum Gasteiger partial charge on any atom is -0.337 e. The van der Waals surface area contributed by atoms with E-state index in [0.717, 1.165) is 5.56 Å². The number of benzene rings is 2. The summed E-state index contributed by atoms with van der Waals surface area (Å²) in [6.07, 6.45) is 0.0848. The molecule has 2 aromatic carbocycles. The zero-order valence-corrected chi connectivity index (χ0v) is 18.3. The maximum atomic E-state index is 12.2. The molecule has 0 aliphatic heterocycles. The van der Waals surface area contributed by atoms with Crippen molar-refractivity contribution in [1.82, 2.24) is 15.1 Å². The molecule has 30 heavy (non-hydrogen) atoms. The molecule has 0 atom stereocenters. The summed E-state index contributed by atoms with van der Waals surface area (Å²) in [5.41, 5.74) is 1.50. The lowest BCUT2D eigenvalue weighted by molar-refractivity contribution is -0.133. The first kappa shape index (κ1) is 23.5. The van der Waals surface area contributed by atoms with Crippen LogP contribution in [0.2, 0.25) is 10.0 Å². The average Bonchev–Trinajstić information content (AvgIpc) is 2.71. The summed E-state index contributed by atoms with van der Waals surface area (Å²) in [6, 6.07) is 14.1. The van der Waals surface area contributed by atoms with Crippen LogP contribution in [-0.4, -0.2) is 54.8 Å². The third-order valence-electron chi connectivity index (χ3n) is 4.23. The predicted molar refractivity (Wildman–Crippen MR) is 119 cm³/mol. The van der Waals surface area contributed by atoms with Crippen molar-refractivity contribution in [2.75, 3.05) is 32.5 Å². The molecule has 0 spiro atoms. The summed E-state index contributed by atoms with van der Waals surface area (Å²) in [5.74, 6) is -0.624. The number of halogens is 2. The van der Waals surface area contributed by atoms with Gasteiger partial charge in [-0.05, 0) is 23.8 Å². The molecule has 0 aliphatic rings. The molecule has 0 radical (unpaired) electrons. The van der Waals surface area contributed by atoms with Crippen LogP contribution in [0.25, 0.3) is 0 Å². The first-order chi connectivity index (χ1) is 14.3. The average molecular weight is 451 g/mol. The van der Waals surface area contributed by atoms with Gasteiger partial charge < -0.3 is 20.4 Å². The van der Waals surface area contributed by atoms with Gasteiger partial charge >= 0.3 is 6.03 Å². The Balaban J connectivity index is 1.71. The van der Waals surface area contributed by atoms with Crippen LogP contribution in [-0.2, 0) is 16.1 Å². The second-order valence-corrected chi connectivity index (χ2v) is 7.56. The number of carbonyl (C=O) groups excluding carboxylic acids is 3. The topological polar surface area (TPSA) is 81.8 Å². The molecule has 0 saturated heterocycles. The highest BCUT2D eigenvalue weighted by Gasteiger charge is 2.15. The van der Waals surface area contributed by atoms with E-state index in [4.69, 9.17) is 23.2 Å². The van der Waals surface area contributed by atoms with Crippen LogP contribution in [0.4, 0.5) is 10.5 Å². The van der Waals surface area contributed by atoms with Crippen LogP contribution >= 0.6 is 23.2 Å². The summed E-state index contributed by atoms with van der Waals surface area (Å²) >= 11 is 11.8. The maximum absolute atomic E-state index is 12.2. The third-order valence-corrected chi connectivity index (χ3v) is 4.97. The summed E-state index contributed by atoms with van der Waals surface area (Å²) in [7, 11) is 3.21. The Bertz CT molecular complexity index is 893. The number of hydrogen-bond acceptors (Lipinski definition) is 3. The fraction of sp³-hybridized carbons (Fsp3) is 0.286. The number of likely N-dealkylation sites (N-methyl/N-ethyl adjacent to an activating group) is 1. The molecule has 9 heteroatoms. The molecule has 2 rings (SSSR count). The van der Waals surface area contributed by atoms with Crippen molar-refractivity contribution in [1.29, 1.82) is 0 Å². The lowest BCUT2D eigenvalue weighted by Crippen LogP contribution is -2.40. The first-order valence-corrected chi connectivity index (χ1v) is 10.0. The van der Waals surface area contributed by atoms with Crippen LogP contribution in [0.3, 0.4) is 0 Å². The van der Waals surface area contributed by atoms with E-state index in [1.165, 1.54) is 22.9 Å². The summed E-state index contributed by atoms with van der Waals surface area (Å²) in [4.78, 5) is 39.3. The van der Waals surface area contributed by atoms with Crippen molar-refractivity contribution in [3.8, 4) is 0 Å². The summed E-state index contributed by atoms with van der Waals surface area (Å²) < 4.78 is 0. The van der Waals surface area contributed by atoms with E-state index in [2.05, 4.69) is 10.6 Å². The lowest BCUT2D eigenvalue weighted by Gasteiger charge is -2.19. The van der Waals surface area contributed by atoms with Gasteiger partial charge in [0.2, 0.25) is 11.8 Å². The van der Waals surface area contributed by atoms with Crippen molar-refractivity contribution >= 4 is 46.7 Å². The molecule has 7 nitrogen and oxygen atoms in total. The molecule has 4 amide bonds. The fourth-order valence-electron chi connectivity index (χ4n) is 2.61. The normalized spacial score (nSPS) is 10.3. The van der Waals surface area contributed by atoms with Gasteiger partial charge in [-0.2, -0.15) is 0 Å². The van der Waals surface area contributed by atoms with Gasteiger partial charge in [0.05, 0.1) is 16.6 Å². The number of nitrogens with zero attached hydrogens (tertiary/aromatic N) is 2. The summed E-state index contributed by atoms with van der Waals surface area (Å²) in [6.45, 7) is 0.520. The zero-order valence-electron chi connectivity index (χ0n) is 16.8. The Hall–Kier alpha value is -2.77. The van der Waals surface area contributed by atoms with Gasteiger partial charge in [-0.25, -0.2) is 4.79 Å². The van der Waals surface area contributed by atoms with Gasteiger partial charge in [0.15, 0.2) is 0 Å². The molecule has 0 aliphatic carbocycles. The van der Waals surface area contributed by atoms with E-state index in [1.54, 1.807) is 19.2 Å². The third kappa shape index (κ3) is 7.57. The molecule has 0 aromatic heterocycles. The second-order valence-electron chi connectivity index (χ2n) is 6.75. The number of carbonyl (C=O) groups is 3. The number of hydrogen-bond donors (Lipinski definition) is 2. The molecule has 2 N–H and O–H groups in total. The summed E-state index contributed by atoms with van der Waals surface area (Å²) in [5, 5.41) is 6.07. The van der Waals surface area contributed by atoms with Crippen LogP contribution in [0.15, 0.2) is 48.5 Å². The SMILES string of the molecule is CN(CC(=O)Nc1ccc(Cl)c(Cl)c1)C(=O)CCNC(=O)N(C)Cc1ccccc1. The van der Waals surface area contributed by atoms with Gasteiger partial charge in [0, 0.05) is 39.3 Å². The molecule has 0 bridgehead atoms. The van der Waals surface area contributed by atoms with Crippen molar-refractivity contribution in [2.45, 2.75) is 13.0 Å². The number of anilines is 1. The van der Waals surface area contributed by atoms with E-state index in [-0.39, 0.29) is 37.4 Å². The largest absolute Gasteiger partial charge is 0.337 e. The Labute approximate surface area is 185 Å². The van der Waals surface area contributed by atoms with Crippen LogP contribution in [0.5, 0.6) is 0 Å². The van der Waals surface area contributed by atoms with Crippen molar-refractivity contribution in [3.05, 3.63) is 64.1 Å². The Morgan fingerprint density at radius 1 is 0.933 bits per heavy atom. The second kappa shape index (κ2) is 11.4. The van der Waals surface area contributed by atoms with Gasteiger partial charge in [-0.15, -0.1) is 0 Å². The minimum absolute atomic E-state index is 0.0848. The molecule has 0 unspecified atom stereocenters. The highest BCUT2D eigenvalue weighted by atomic mass is 35.5. The molecule has 0 heterocycles. The molecule has 160 valence electrons. The zero-order chi connectivity index (χ0) is 22.1. The van der Waals surface area contributed by atoms with Crippen molar-refractivity contribution in [3.63, 3.8) is 0 Å². The quantitative estimate of drug-likeness (QED) is 0.643. The monoisotopic (exact) mass is 450 g/mol. The number of urea groups is 1. The molecule has 0 saturated carbocycles. The maximum Gasteiger partial charge on any atom is 0.317 e. The molecule has 0 fully saturated rings. The number of nitrogens with one attached hydrogen (secondary N) is 2.